The number of ether oxygens (including phenoxy) is 1. The first-order chi connectivity index (χ1) is 9.93. The predicted molar refractivity (Wildman–Crippen MR) is 82.6 cm³/mol. The fraction of sp³-hybridized carbons (Fsp3) is 0.400. The van der Waals surface area contributed by atoms with Crippen molar-refractivity contribution in [1.29, 1.82) is 0 Å². The van der Waals surface area contributed by atoms with E-state index in [2.05, 4.69) is 10.4 Å². The van der Waals surface area contributed by atoms with Crippen molar-refractivity contribution in [3.05, 3.63) is 29.7 Å². The second kappa shape index (κ2) is 6.03. The number of nitrogens with one attached hydrogen (secondary N) is 1. The standard InChI is InChI=1S/C15H21FN4O/c1-5-21-12-7-6-10(8-11(12)16)18-15-13(17)14(9(2)3)19-20(15)4/h6-9,18H,5,17H2,1-4H3. The van der Waals surface area contributed by atoms with Crippen molar-refractivity contribution < 1.29 is 9.13 Å². The average Bonchev–Trinajstić information content (AvgIpc) is 2.70. The van der Waals surface area contributed by atoms with Crippen LogP contribution in [0, 0.1) is 5.82 Å². The van der Waals surface area contributed by atoms with Crippen LogP contribution in [-0.2, 0) is 7.05 Å². The SMILES string of the molecule is CCOc1ccc(Nc2c(N)c(C(C)C)nn2C)cc1F. The summed E-state index contributed by atoms with van der Waals surface area (Å²) in [7, 11) is 1.80. The molecule has 0 atom stereocenters. The molecule has 0 aliphatic carbocycles. The van der Waals surface area contributed by atoms with Crippen LogP contribution in [0.1, 0.15) is 32.4 Å². The van der Waals surface area contributed by atoms with Gasteiger partial charge in [0.1, 0.15) is 0 Å². The smallest absolute Gasteiger partial charge is 0.167 e. The van der Waals surface area contributed by atoms with Crippen LogP contribution >= 0.6 is 0 Å². The van der Waals surface area contributed by atoms with E-state index in [4.69, 9.17) is 10.5 Å². The van der Waals surface area contributed by atoms with E-state index in [1.54, 1.807) is 23.9 Å². The van der Waals surface area contributed by atoms with E-state index in [0.717, 1.165) is 5.69 Å². The molecule has 2 rings (SSSR count). The van der Waals surface area contributed by atoms with Crippen LogP contribution in [0.2, 0.25) is 0 Å². The highest BCUT2D eigenvalue weighted by molar-refractivity contribution is 5.72. The molecule has 1 aromatic heterocycles. The summed E-state index contributed by atoms with van der Waals surface area (Å²) in [5, 5.41) is 7.49. The lowest BCUT2D eigenvalue weighted by atomic mass is 10.1. The number of hydrogen-bond donors (Lipinski definition) is 2. The Labute approximate surface area is 123 Å². The van der Waals surface area contributed by atoms with Crippen molar-refractivity contribution in [3.63, 3.8) is 0 Å². The molecule has 0 amide bonds. The number of halogens is 1. The number of rotatable bonds is 5. The summed E-state index contributed by atoms with van der Waals surface area (Å²) in [6.07, 6.45) is 0. The predicted octanol–water partition coefficient (Wildman–Crippen LogP) is 3.41. The van der Waals surface area contributed by atoms with Gasteiger partial charge in [0.25, 0.3) is 0 Å². The van der Waals surface area contributed by atoms with E-state index in [-0.39, 0.29) is 11.7 Å². The lowest BCUT2D eigenvalue weighted by Gasteiger charge is -2.10. The zero-order chi connectivity index (χ0) is 15.6. The normalized spacial score (nSPS) is 11.0. The van der Waals surface area contributed by atoms with Gasteiger partial charge >= 0.3 is 0 Å². The molecule has 0 radical (unpaired) electrons. The van der Waals surface area contributed by atoms with Crippen molar-refractivity contribution >= 4 is 17.2 Å². The molecular weight excluding hydrogens is 271 g/mol. The summed E-state index contributed by atoms with van der Waals surface area (Å²) < 4.78 is 20.7. The Balaban J connectivity index is 2.28. The summed E-state index contributed by atoms with van der Waals surface area (Å²) in [4.78, 5) is 0. The van der Waals surface area contributed by atoms with Crippen LogP contribution in [0.4, 0.5) is 21.6 Å². The first-order valence-electron chi connectivity index (χ1n) is 6.95. The highest BCUT2D eigenvalue weighted by Crippen LogP contribution is 2.31. The van der Waals surface area contributed by atoms with Gasteiger partial charge in [-0.1, -0.05) is 13.8 Å². The fourth-order valence-corrected chi connectivity index (χ4v) is 2.12. The summed E-state index contributed by atoms with van der Waals surface area (Å²) in [6, 6.07) is 4.72. The molecule has 0 bridgehead atoms. The van der Waals surface area contributed by atoms with Gasteiger partial charge in [0, 0.05) is 18.8 Å². The zero-order valence-electron chi connectivity index (χ0n) is 12.8. The molecule has 1 heterocycles. The zero-order valence-corrected chi connectivity index (χ0v) is 12.8. The van der Waals surface area contributed by atoms with E-state index >= 15 is 0 Å². The fourth-order valence-electron chi connectivity index (χ4n) is 2.12. The number of hydrogen-bond acceptors (Lipinski definition) is 4. The monoisotopic (exact) mass is 292 g/mol. The number of nitrogens with zero attached hydrogens (tertiary/aromatic N) is 2. The first-order valence-corrected chi connectivity index (χ1v) is 6.95. The largest absolute Gasteiger partial charge is 0.491 e. The molecule has 0 saturated heterocycles. The third kappa shape index (κ3) is 3.09. The summed E-state index contributed by atoms with van der Waals surface area (Å²) in [6.45, 7) is 6.30. The average molecular weight is 292 g/mol. The molecule has 0 spiro atoms. The van der Waals surface area contributed by atoms with Gasteiger partial charge in [-0.3, -0.25) is 4.68 Å². The minimum absolute atomic E-state index is 0.226. The molecule has 114 valence electrons. The van der Waals surface area contributed by atoms with Crippen molar-refractivity contribution in [2.24, 2.45) is 7.05 Å². The minimum Gasteiger partial charge on any atom is -0.491 e. The van der Waals surface area contributed by atoms with Gasteiger partial charge < -0.3 is 15.8 Å². The first kappa shape index (κ1) is 15.2. The molecule has 6 heteroatoms. The van der Waals surface area contributed by atoms with Crippen LogP contribution in [0.5, 0.6) is 5.75 Å². The lowest BCUT2D eigenvalue weighted by molar-refractivity contribution is 0.321. The maximum atomic E-state index is 13.9. The Morgan fingerprint density at radius 1 is 1.43 bits per heavy atom. The molecule has 5 nitrogen and oxygen atoms in total. The number of benzene rings is 1. The Morgan fingerprint density at radius 2 is 2.14 bits per heavy atom. The van der Waals surface area contributed by atoms with Crippen LogP contribution in [0.25, 0.3) is 0 Å². The molecule has 1 aromatic carbocycles. The summed E-state index contributed by atoms with van der Waals surface area (Å²) >= 11 is 0. The topological polar surface area (TPSA) is 65.1 Å². The number of anilines is 3. The van der Waals surface area contributed by atoms with Crippen LogP contribution in [0.3, 0.4) is 0 Å². The molecule has 0 aliphatic heterocycles. The lowest BCUT2D eigenvalue weighted by Crippen LogP contribution is -2.02. The van der Waals surface area contributed by atoms with Crippen LogP contribution in [0.15, 0.2) is 18.2 Å². The Hall–Kier alpha value is -2.24. The summed E-state index contributed by atoms with van der Waals surface area (Å²) in [5.41, 5.74) is 8.11. The maximum Gasteiger partial charge on any atom is 0.167 e. The van der Waals surface area contributed by atoms with Gasteiger partial charge in [0.15, 0.2) is 17.4 Å². The number of nitrogen functional groups attached to an aromatic ring is 1. The highest BCUT2D eigenvalue weighted by atomic mass is 19.1. The van der Waals surface area contributed by atoms with Crippen molar-refractivity contribution in [3.8, 4) is 5.75 Å². The van der Waals surface area contributed by atoms with Crippen molar-refractivity contribution in [2.45, 2.75) is 26.7 Å². The van der Waals surface area contributed by atoms with Gasteiger partial charge in [-0.2, -0.15) is 5.10 Å². The van der Waals surface area contributed by atoms with Crippen molar-refractivity contribution in [1.82, 2.24) is 9.78 Å². The van der Waals surface area contributed by atoms with E-state index in [1.807, 2.05) is 20.8 Å². The van der Waals surface area contributed by atoms with Gasteiger partial charge in [-0.05, 0) is 25.0 Å². The summed E-state index contributed by atoms with van der Waals surface area (Å²) in [5.74, 6) is 0.710. The van der Waals surface area contributed by atoms with Gasteiger partial charge in [0.2, 0.25) is 0 Å². The number of nitrogens with two attached hydrogens (primary N) is 1. The minimum atomic E-state index is -0.410. The number of aromatic nitrogens is 2. The third-order valence-corrected chi connectivity index (χ3v) is 3.15. The molecule has 21 heavy (non-hydrogen) atoms. The Bertz CT molecular complexity index is 637. The Morgan fingerprint density at radius 3 is 2.67 bits per heavy atom. The van der Waals surface area contributed by atoms with Crippen LogP contribution in [-0.4, -0.2) is 16.4 Å². The molecule has 0 aliphatic rings. The molecular formula is C15H21FN4O. The van der Waals surface area contributed by atoms with E-state index in [1.165, 1.54) is 6.07 Å². The van der Waals surface area contributed by atoms with E-state index in [0.29, 0.717) is 23.8 Å². The van der Waals surface area contributed by atoms with E-state index < -0.39 is 5.82 Å². The second-order valence-electron chi connectivity index (χ2n) is 5.13. The molecule has 0 unspecified atom stereocenters. The van der Waals surface area contributed by atoms with Gasteiger partial charge in [-0.25, -0.2) is 4.39 Å². The quantitative estimate of drug-likeness (QED) is 0.886. The molecule has 0 saturated carbocycles. The van der Waals surface area contributed by atoms with Crippen molar-refractivity contribution in [2.75, 3.05) is 17.7 Å². The van der Waals surface area contributed by atoms with Gasteiger partial charge in [0.05, 0.1) is 18.0 Å². The Kier molecular flexibility index (Phi) is 4.35. The third-order valence-electron chi connectivity index (χ3n) is 3.15. The highest BCUT2D eigenvalue weighted by Gasteiger charge is 2.16. The molecule has 2 aromatic rings. The van der Waals surface area contributed by atoms with Crippen LogP contribution < -0.4 is 15.8 Å². The number of aryl methyl sites for hydroxylation is 1. The molecule has 0 fully saturated rings. The maximum absolute atomic E-state index is 13.9. The molecule has 3 N–H and O–H groups in total. The van der Waals surface area contributed by atoms with E-state index in [9.17, 15) is 4.39 Å². The second-order valence-corrected chi connectivity index (χ2v) is 5.13. The van der Waals surface area contributed by atoms with Gasteiger partial charge in [-0.15, -0.1) is 0 Å².